The summed E-state index contributed by atoms with van der Waals surface area (Å²) in [4.78, 5) is 7.81. The third kappa shape index (κ3) is 1.67. The fourth-order valence-corrected chi connectivity index (χ4v) is 1.37. The van der Waals surface area contributed by atoms with Gasteiger partial charge in [0.2, 0.25) is 0 Å². The topological polar surface area (TPSA) is 63.8 Å². The number of hydrogen-bond donors (Lipinski definition) is 2. The molecule has 5 heteroatoms. The predicted octanol–water partition coefficient (Wildman–Crippen LogP) is 1.68. The van der Waals surface area contributed by atoms with E-state index >= 15 is 0 Å². The number of hydrogen-bond acceptors (Lipinski definition) is 4. The lowest BCUT2D eigenvalue weighted by atomic mass is 9.93. The van der Waals surface area contributed by atoms with Crippen molar-refractivity contribution in [1.29, 1.82) is 0 Å². The predicted molar refractivity (Wildman–Crippen MR) is 52.7 cm³/mol. The van der Waals surface area contributed by atoms with E-state index in [1.54, 1.807) is 0 Å². The average molecular weight is 199 g/mol. The molecule has 1 saturated carbocycles. The molecule has 0 atom stereocenters. The van der Waals surface area contributed by atoms with Gasteiger partial charge in [0.1, 0.15) is 12.0 Å². The van der Waals surface area contributed by atoms with Crippen LogP contribution >= 0.6 is 11.6 Å². The van der Waals surface area contributed by atoms with Crippen molar-refractivity contribution >= 4 is 23.1 Å². The SMILES string of the molecule is Nc1c(Cl)ncnc1NC1CCC1. The van der Waals surface area contributed by atoms with Crippen LogP contribution < -0.4 is 11.1 Å². The zero-order chi connectivity index (χ0) is 9.26. The van der Waals surface area contributed by atoms with Crippen LogP contribution in [-0.2, 0) is 0 Å². The maximum absolute atomic E-state index is 5.74. The van der Waals surface area contributed by atoms with Gasteiger partial charge in [-0.2, -0.15) is 0 Å². The Kier molecular flexibility index (Phi) is 2.22. The van der Waals surface area contributed by atoms with Crippen LogP contribution in [0.2, 0.25) is 5.15 Å². The minimum atomic E-state index is 0.317. The van der Waals surface area contributed by atoms with Crippen LogP contribution in [0.1, 0.15) is 19.3 Å². The van der Waals surface area contributed by atoms with Gasteiger partial charge in [-0.15, -0.1) is 0 Å². The summed E-state index contributed by atoms with van der Waals surface area (Å²) in [5.74, 6) is 0.657. The highest BCUT2D eigenvalue weighted by Crippen LogP contribution is 2.27. The Morgan fingerprint density at radius 2 is 2.23 bits per heavy atom. The Balaban J connectivity index is 2.14. The number of nitrogens with two attached hydrogens (primary N) is 1. The number of nitrogen functional groups attached to an aromatic ring is 1. The first-order chi connectivity index (χ1) is 6.27. The Labute approximate surface area is 81.5 Å². The average Bonchev–Trinajstić information content (AvgIpc) is 2.04. The van der Waals surface area contributed by atoms with E-state index in [-0.39, 0.29) is 0 Å². The van der Waals surface area contributed by atoms with Crippen molar-refractivity contribution < 1.29 is 0 Å². The van der Waals surface area contributed by atoms with Gasteiger partial charge in [0.25, 0.3) is 0 Å². The maximum Gasteiger partial charge on any atom is 0.157 e. The van der Waals surface area contributed by atoms with Crippen LogP contribution in [0, 0.1) is 0 Å². The molecule has 1 aromatic heterocycles. The summed E-state index contributed by atoms with van der Waals surface area (Å²) < 4.78 is 0. The molecule has 1 aromatic rings. The Morgan fingerprint density at radius 1 is 1.46 bits per heavy atom. The highest BCUT2D eigenvalue weighted by Gasteiger charge is 2.18. The third-order valence-electron chi connectivity index (χ3n) is 2.28. The molecule has 0 aliphatic heterocycles. The largest absolute Gasteiger partial charge is 0.393 e. The summed E-state index contributed by atoms with van der Waals surface area (Å²) in [5, 5.41) is 3.54. The molecule has 0 aromatic carbocycles. The molecule has 1 aliphatic rings. The van der Waals surface area contributed by atoms with Gasteiger partial charge in [-0.3, -0.25) is 0 Å². The molecular formula is C8H11ClN4. The lowest BCUT2D eigenvalue weighted by molar-refractivity contribution is 0.444. The van der Waals surface area contributed by atoms with Crippen LogP contribution in [0.4, 0.5) is 11.5 Å². The van der Waals surface area contributed by atoms with Gasteiger partial charge in [0.15, 0.2) is 11.0 Å². The molecule has 0 unspecified atom stereocenters. The highest BCUT2D eigenvalue weighted by molar-refractivity contribution is 6.32. The summed E-state index contributed by atoms with van der Waals surface area (Å²) in [7, 11) is 0. The molecule has 3 N–H and O–H groups in total. The zero-order valence-electron chi connectivity index (χ0n) is 7.13. The van der Waals surface area contributed by atoms with E-state index in [1.807, 2.05) is 0 Å². The van der Waals surface area contributed by atoms with Crippen molar-refractivity contribution in [3.63, 3.8) is 0 Å². The molecule has 0 radical (unpaired) electrons. The molecule has 0 saturated heterocycles. The summed E-state index contributed by atoms with van der Waals surface area (Å²) in [6.45, 7) is 0. The van der Waals surface area contributed by atoms with E-state index in [4.69, 9.17) is 17.3 Å². The van der Waals surface area contributed by atoms with Gasteiger partial charge in [0, 0.05) is 6.04 Å². The molecule has 70 valence electrons. The molecular weight excluding hydrogens is 188 g/mol. The van der Waals surface area contributed by atoms with Crippen molar-refractivity contribution in [2.45, 2.75) is 25.3 Å². The first-order valence-corrected chi connectivity index (χ1v) is 4.67. The Bertz CT molecular complexity index is 311. The van der Waals surface area contributed by atoms with Crippen LogP contribution in [0.3, 0.4) is 0 Å². The Hall–Kier alpha value is -1.03. The van der Waals surface area contributed by atoms with E-state index in [0.717, 1.165) is 0 Å². The van der Waals surface area contributed by atoms with Gasteiger partial charge in [-0.05, 0) is 19.3 Å². The van der Waals surface area contributed by atoms with Gasteiger partial charge in [0.05, 0.1) is 0 Å². The highest BCUT2D eigenvalue weighted by atomic mass is 35.5. The third-order valence-corrected chi connectivity index (χ3v) is 2.58. The van der Waals surface area contributed by atoms with Crippen LogP contribution in [0.5, 0.6) is 0 Å². The quantitative estimate of drug-likeness (QED) is 0.710. The summed E-state index contributed by atoms with van der Waals surface area (Å²) in [6.07, 6.45) is 5.05. The second-order valence-electron chi connectivity index (χ2n) is 3.20. The number of nitrogens with one attached hydrogen (secondary N) is 1. The number of anilines is 2. The molecule has 4 nitrogen and oxygen atoms in total. The Morgan fingerprint density at radius 3 is 2.85 bits per heavy atom. The van der Waals surface area contributed by atoms with E-state index in [1.165, 1.54) is 25.6 Å². The second kappa shape index (κ2) is 3.38. The van der Waals surface area contributed by atoms with E-state index in [9.17, 15) is 0 Å². The number of nitrogens with zero attached hydrogens (tertiary/aromatic N) is 2. The lowest BCUT2D eigenvalue weighted by Crippen LogP contribution is -2.28. The molecule has 2 rings (SSSR count). The fourth-order valence-electron chi connectivity index (χ4n) is 1.24. The standard InChI is InChI=1S/C8H11ClN4/c9-7-6(10)8(12-4-11-7)13-5-2-1-3-5/h4-5H,1-3,10H2,(H,11,12,13). The monoisotopic (exact) mass is 198 g/mol. The molecule has 0 amide bonds. The van der Waals surface area contributed by atoms with Crippen LogP contribution in [-0.4, -0.2) is 16.0 Å². The number of halogens is 1. The van der Waals surface area contributed by atoms with Gasteiger partial charge in [-0.25, -0.2) is 9.97 Å². The molecule has 13 heavy (non-hydrogen) atoms. The van der Waals surface area contributed by atoms with Gasteiger partial charge in [-0.1, -0.05) is 11.6 Å². The maximum atomic E-state index is 5.74. The summed E-state index contributed by atoms with van der Waals surface area (Å²) in [6, 6.07) is 0.508. The van der Waals surface area contributed by atoms with Crippen molar-refractivity contribution in [1.82, 2.24) is 9.97 Å². The lowest BCUT2D eigenvalue weighted by Gasteiger charge is -2.27. The molecule has 1 aliphatic carbocycles. The van der Waals surface area contributed by atoms with Crippen molar-refractivity contribution in [3.8, 4) is 0 Å². The van der Waals surface area contributed by atoms with E-state index in [0.29, 0.717) is 22.7 Å². The summed E-state index contributed by atoms with van der Waals surface area (Å²) in [5.41, 5.74) is 6.13. The smallest absolute Gasteiger partial charge is 0.157 e. The van der Waals surface area contributed by atoms with Crippen molar-refractivity contribution in [3.05, 3.63) is 11.5 Å². The first kappa shape index (κ1) is 8.56. The van der Waals surface area contributed by atoms with Crippen molar-refractivity contribution in [2.75, 3.05) is 11.1 Å². The van der Waals surface area contributed by atoms with E-state index < -0.39 is 0 Å². The summed E-state index contributed by atoms with van der Waals surface area (Å²) >= 11 is 5.74. The fraction of sp³-hybridized carbons (Fsp3) is 0.500. The van der Waals surface area contributed by atoms with Gasteiger partial charge < -0.3 is 11.1 Å². The normalized spacial score (nSPS) is 16.7. The minimum Gasteiger partial charge on any atom is -0.393 e. The minimum absolute atomic E-state index is 0.317. The molecule has 1 fully saturated rings. The first-order valence-electron chi connectivity index (χ1n) is 4.30. The van der Waals surface area contributed by atoms with E-state index in [2.05, 4.69) is 15.3 Å². The van der Waals surface area contributed by atoms with Crippen LogP contribution in [0.25, 0.3) is 0 Å². The molecule has 1 heterocycles. The van der Waals surface area contributed by atoms with Crippen LogP contribution in [0.15, 0.2) is 6.33 Å². The second-order valence-corrected chi connectivity index (χ2v) is 3.56. The molecule has 0 spiro atoms. The number of aromatic nitrogens is 2. The number of rotatable bonds is 2. The van der Waals surface area contributed by atoms with Gasteiger partial charge >= 0.3 is 0 Å². The molecule has 0 bridgehead atoms. The zero-order valence-corrected chi connectivity index (χ0v) is 7.88. The van der Waals surface area contributed by atoms with Crippen molar-refractivity contribution in [2.24, 2.45) is 0 Å².